The van der Waals surface area contributed by atoms with E-state index < -0.39 is 0 Å². The maximum Gasteiger partial charge on any atom is 0.122 e. The normalized spacial score (nSPS) is 19.8. The fraction of sp³-hybridized carbons (Fsp3) is 0.333. The molecular weight excluding hydrogens is 164 g/mol. The molecule has 0 unspecified atom stereocenters. The lowest BCUT2D eigenvalue weighted by Gasteiger charge is -2.25. The molecule has 0 aromatic heterocycles. The molecule has 3 N–H and O–H groups in total. The van der Waals surface area contributed by atoms with Gasteiger partial charge in [-0.05, 0) is 26.0 Å². The van der Waals surface area contributed by atoms with Crippen molar-refractivity contribution in [2.24, 2.45) is 0 Å². The Morgan fingerprint density at radius 1 is 1.54 bits per heavy atom. The second kappa shape index (κ2) is 3.14. The highest BCUT2D eigenvalue weighted by Gasteiger charge is 2.21. The Morgan fingerprint density at radius 3 is 3.15 bits per heavy atom. The van der Waals surface area contributed by atoms with Crippen molar-refractivity contribution >= 4 is 0 Å². The zero-order valence-electron chi connectivity index (χ0n) is 7.89. The predicted molar refractivity (Wildman–Crippen MR) is 51.7 cm³/mol. The van der Waals surface area contributed by atoms with Gasteiger partial charge < -0.3 is 10.7 Å². The minimum Gasteiger partial charge on any atom is -0.371 e. The van der Waals surface area contributed by atoms with Gasteiger partial charge in [-0.1, -0.05) is 6.08 Å². The summed E-state index contributed by atoms with van der Waals surface area (Å²) in [7, 11) is 0. The SMILES string of the molecule is CCNC1=CC=CC2=C(C)NNN12. The predicted octanol–water partition coefficient (Wildman–Crippen LogP) is 0.563. The number of nitrogens with one attached hydrogen (secondary N) is 3. The highest BCUT2D eigenvalue weighted by atomic mass is 15.7. The van der Waals surface area contributed by atoms with Crippen molar-refractivity contribution in [2.75, 3.05) is 6.54 Å². The Morgan fingerprint density at radius 2 is 2.38 bits per heavy atom. The van der Waals surface area contributed by atoms with E-state index in [1.807, 2.05) is 24.1 Å². The molecule has 0 aromatic rings. The molecular formula is C9H14N4. The monoisotopic (exact) mass is 178 g/mol. The molecule has 0 amide bonds. The highest BCUT2D eigenvalue weighted by molar-refractivity contribution is 5.35. The Labute approximate surface area is 77.9 Å². The summed E-state index contributed by atoms with van der Waals surface area (Å²) in [5.74, 6) is 1.07. The van der Waals surface area contributed by atoms with Gasteiger partial charge >= 0.3 is 0 Å². The Hall–Kier alpha value is -1.42. The van der Waals surface area contributed by atoms with E-state index in [1.54, 1.807) is 0 Å². The van der Waals surface area contributed by atoms with E-state index >= 15 is 0 Å². The van der Waals surface area contributed by atoms with Crippen LogP contribution in [0.15, 0.2) is 35.4 Å². The van der Waals surface area contributed by atoms with Crippen LogP contribution in [-0.2, 0) is 0 Å². The van der Waals surface area contributed by atoms with Gasteiger partial charge in [0.15, 0.2) is 0 Å². The number of hydrogen-bond acceptors (Lipinski definition) is 4. The number of allylic oxidation sites excluding steroid dienone is 4. The Bertz CT molecular complexity index is 301. The van der Waals surface area contributed by atoms with Crippen LogP contribution in [0.2, 0.25) is 0 Å². The lowest BCUT2D eigenvalue weighted by molar-refractivity contribution is 0.299. The molecule has 2 aliphatic rings. The first-order valence-electron chi connectivity index (χ1n) is 4.48. The van der Waals surface area contributed by atoms with Crippen molar-refractivity contribution in [3.05, 3.63) is 35.4 Å². The van der Waals surface area contributed by atoms with E-state index in [2.05, 4.69) is 29.3 Å². The molecule has 70 valence electrons. The van der Waals surface area contributed by atoms with Crippen molar-refractivity contribution in [3.8, 4) is 0 Å². The largest absolute Gasteiger partial charge is 0.371 e. The van der Waals surface area contributed by atoms with Crippen molar-refractivity contribution in [3.63, 3.8) is 0 Å². The van der Waals surface area contributed by atoms with Crippen LogP contribution in [0.4, 0.5) is 0 Å². The van der Waals surface area contributed by atoms with Gasteiger partial charge in [0.05, 0.1) is 11.4 Å². The second-order valence-corrected chi connectivity index (χ2v) is 3.02. The minimum absolute atomic E-state index is 0.921. The lowest BCUT2D eigenvalue weighted by Crippen LogP contribution is -2.41. The van der Waals surface area contributed by atoms with Gasteiger partial charge in [0, 0.05) is 6.54 Å². The summed E-state index contributed by atoms with van der Waals surface area (Å²) in [5, 5.41) is 5.27. The lowest BCUT2D eigenvalue weighted by atomic mass is 10.2. The van der Waals surface area contributed by atoms with Crippen LogP contribution >= 0.6 is 0 Å². The van der Waals surface area contributed by atoms with Crippen LogP contribution in [-0.4, -0.2) is 11.6 Å². The average Bonchev–Trinajstić information content (AvgIpc) is 2.50. The third-order valence-corrected chi connectivity index (χ3v) is 2.09. The molecule has 4 nitrogen and oxygen atoms in total. The molecule has 0 bridgehead atoms. The van der Waals surface area contributed by atoms with E-state index in [0.29, 0.717) is 0 Å². The summed E-state index contributed by atoms with van der Waals surface area (Å²) < 4.78 is 0. The smallest absolute Gasteiger partial charge is 0.122 e. The molecule has 13 heavy (non-hydrogen) atoms. The van der Waals surface area contributed by atoms with Gasteiger partial charge in [-0.3, -0.25) is 0 Å². The van der Waals surface area contributed by atoms with Gasteiger partial charge in [-0.25, -0.2) is 5.01 Å². The first-order chi connectivity index (χ1) is 6.33. The van der Waals surface area contributed by atoms with Crippen LogP contribution in [0.5, 0.6) is 0 Å². The average molecular weight is 178 g/mol. The standard InChI is InChI=1S/C9H14N4/c1-3-10-9-6-4-5-8-7(2)11-12-13(8)9/h4-6,10-12H,3H2,1-2H3. The summed E-state index contributed by atoms with van der Waals surface area (Å²) >= 11 is 0. The topological polar surface area (TPSA) is 39.3 Å². The first kappa shape index (κ1) is 8.19. The molecule has 0 aromatic carbocycles. The maximum absolute atomic E-state index is 3.28. The van der Waals surface area contributed by atoms with Gasteiger partial charge in [0.1, 0.15) is 5.82 Å². The van der Waals surface area contributed by atoms with Crippen LogP contribution in [0.3, 0.4) is 0 Å². The fourth-order valence-corrected chi connectivity index (χ4v) is 1.45. The molecule has 0 saturated carbocycles. The van der Waals surface area contributed by atoms with Crippen molar-refractivity contribution in [1.82, 2.24) is 21.3 Å². The van der Waals surface area contributed by atoms with E-state index in [9.17, 15) is 0 Å². The molecule has 4 heteroatoms. The number of hydrazine groups is 2. The number of nitrogens with zero attached hydrogens (tertiary/aromatic N) is 1. The molecule has 0 saturated heterocycles. The number of fused-ring (bicyclic) bond motifs is 1. The summed E-state index contributed by atoms with van der Waals surface area (Å²) in [6.45, 7) is 5.05. The molecule has 2 aliphatic heterocycles. The zero-order valence-corrected chi connectivity index (χ0v) is 7.89. The quantitative estimate of drug-likeness (QED) is 0.578. The third kappa shape index (κ3) is 1.29. The molecule has 0 spiro atoms. The molecule has 0 aliphatic carbocycles. The highest BCUT2D eigenvalue weighted by Crippen LogP contribution is 2.20. The van der Waals surface area contributed by atoms with E-state index in [1.165, 1.54) is 5.70 Å². The van der Waals surface area contributed by atoms with E-state index in [4.69, 9.17) is 0 Å². The summed E-state index contributed by atoms with van der Waals surface area (Å²) in [5.41, 5.74) is 8.45. The van der Waals surface area contributed by atoms with Crippen molar-refractivity contribution < 1.29 is 0 Å². The minimum atomic E-state index is 0.921. The van der Waals surface area contributed by atoms with E-state index in [0.717, 1.165) is 18.1 Å². The molecule has 0 atom stereocenters. The fourth-order valence-electron chi connectivity index (χ4n) is 1.45. The van der Waals surface area contributed by atoms with Gasteiger partial charge in [-0.2, -0.15) is 0 Å². The van der Waals surface area contributed by atoms with Gasteiger partial charge in [0.2, 0.25) is 0 Å². The Balaban J connectivity index is 2.24. The number of hydrogen-bond donors (Lipinski definition) is 3. The van der Waals surface area contributed by atoms with Crippen LogP contribution in [0, 0.1) is 0 Å². The molecule has 2 heterocycles. The van der Waals surface area contributed by atoms with Gasteiger partial charge in [0.25, 0.3) is 0 Å². The third-order valence-electron chi connectivity index (χ3n) is 2.09. The van der Waals surface area contributed by atoms with Crippen molar-refractivity contribution in [1.29, 1.82) is 0 Å². The van der Waals surface area contributed by atoms with Crippen LogP contribution < -0.4 is 16.3 Å². The first-order valence-corrected chi connectivity index (χ1v) is 4.48. The van der Waals surface area contributed by atoms with E-state index in [-0.39, 0.29) is 0 Å². The Kier molecular flexibility index (Phi) is 1.98. The van der Waals surface area contributed by atoms with Crippen LogP contribution in [0.25, 0.3) is 0 Å². The summed E-state index contributed by atoms with van der Waals surface area (Å²) in [6.07, 6.45) is 6.16. The van der Waals surface area contributed by atoms with Gasteiger partial charge in [-0.15, -0.1) is 5.53 Å². The summed E-state index contributed by atoms with van der Waals surface area (Å²) in [6, 6.07) is 0. The zero-order chi connectivity index (χ0) is 9.26. The summed E-state index contributed by atoms with van der Waals surface area (Å²) in [4.78, 5) is 0. The maximum atomic E-state index is 3.28. The second-order valence-electron chi connectivity index (χ2n) is 3.02. The molecule has 2 rings (SSSR count). The number of rotatable bonds is 2. The molecule has 0 radical (unpaired) electrons. The van der Waals surface area contributed by atoms with Crippen LogP contribution in [0.1, 0.15) is 13.8 Å². The van der Waals surface area contributed by atoms with Crippen molar-refractivity contribution in [2.45, 2.75) is 13.8 Å². The molecule has 0 fully saturated rings.